The first kappa shape index (κ1) is 13.7. The molecule has 0 aliphatic carbocycles. The van der Waals surface area contributed by atoms with E-state index in [0.717, 1.165) is 13.0 Å². The van der Waals surface area contributed by atoms with E-state index in [1.807, 2.05) is 30.0 Å². The second kappa shape index (κ2) is 6.02. The third kappa shape index (κ3) is 2.76. The summed E-state index contributed by atoms with van der Waals surface area (Å²) >= 11 is 3.51. The Kier molecular flexibility index (Phi) is 4.13. The van der Waals surface area contributed by atoms with Gasteiger partial charge < -0.3 is 4.90 Å². The van der Waals surface area contributed by atoms with Crippen molar-refractivity contribution in [3.63, 3.8) is 0 Å². The molecule has 2 nitrogen and oxygen atoms in total. The van der Waals surface area contributed by atoms with E-state index >= 15 is 0 Å². The third-order valence-corrected chi connectivity index (χ3v) is 5.84. The minimum Gasteiger partial charge on any atom is -0.325 e. The van der Waals surface area contributed by atoms with Gasteiger partial charge in [0.05, 0.1) is 5.25 Å². The summed E-state index contributed by atoms with van der Waals surface area (Å²) in [6, 6.07) is 14.5. The summed E-state index contributed by atoms with van der Waals surface area (Å²) in [5.74, 6) is 0.264. The molecule has 1 aliphatic rings. The highest BCUT2D eigenvalue weighted by molar-refractivity contribution is 8.01. The SMILES string of the molecule is CC1SC(c2ccccc2)N(CCc2cccs2)C1=O. The molecule has 1 amide bonds. The van der Waals surface area contributed by atoms with Crippen LogP contribution in [0.2, 0.25) is 0 Å². The Labute approximate surface area is 127 Å². The predicted molar refractivity (Wildman–Crippen MR) is 86.0 cm³/mol. The van der Waals surface area contributed by atoms with Gasteiger partial charge >= 0.3 is 0 Å². The Hall–Kier alpha value is -1.26. The molecule has 0 spiro atoms. The standard InChI is InChI=1S/C16H17NOS2/c1-12-15(18)17(10-9-14-8-5-11-19-14)16(20-12)13-6-3-2-4-7-13/h2-8,11-12,16H,9-10H2,1H3. The van der Waals surface area contributed by atoms with Gasteiger partial charge in [-0.2, -0.15) is 0 Å². The second-order valence-electron chi connectivity index (χ2n) is 4.90. The van der Waals surface area contributed by atoms with Crippen LogP contribution in [0.5, 0.6) is 0 Å². The van der Waals surface area contributed by atoms with Crippen LogP contribution in [-0.2, 0) is 11.2 Å². The monoisotopic (exact) mass is 303 g/mol. The van der Waals surface area contributed by atoms with Crippen molar-refractivity contribution in [3.8, 4) is 0 Å². The second-order valence-corrected chi connectivity index (χ2v) is 7.36. The van der Waals surface area contributed by atoms with Crippen molar-refractivity contribution in [2.45, 2.75) is 24.0 Å². The first-order chi connectivity index (χ1) is 9.75. The Balaban J connectivity index is 1.76. The van der Waals surface area contributed by atoms with Crippen LogP contribution in [0.1, 0.15) is 22.7 Å². The molecule has 1 fully saturated rings. The number of hydrogen-bond acceptors (Lipinski definition) is 3. The number of benzene rings is 1. The molecule has 0 bridgehead atoms. The molecule has 1 saturated heterocycles. The van der Waals surface area contributed by atoms with Crippen LogP contribution >= 0.6 is 23.1 Å². The van der Waals surface area contributed by atoms with Gasteiger partial charge in [-0.3, -0.25) is 4.79 Å². The largest absolute Gasteiger partial charge is 0.325 e. The van der Waals surface area contributed by atoms with Gasteiger partial charge in [-0.05, 0) is 30.4 Å². The molecule has 1 aliphatic heterocycles. The topological polar surface area (TPSA) is 20.3 Å². The zero-order chi connectivity index (χ0) is 13.9. The maximum absolute atomic E-state index is 12.4. The first-order valence-electron chi connectivity index (χ1n) is 6.79. The summed E-state index contributed by atoms with van der Waals surface area (Å²) in [6.07, 6.45) is 0.944. The lowest BCUT2D eigenvalue weighted by Crippen LogP contribution is -2.32. The minimum atomic E-state index is 0.0588. The number of nitrogens with zero attached hydrogens (tertiary/aromatic N) is 1. The van der Waals surface area contributed by atoms with Crippen molar-refractivity contribution >= 4 is 29.0 Å². The van der Waals surface area contributed by atoms with Crippen molar-refractivity contribution < 1.29 is 4.79 Å². The summed E-state index contributed by atoms with van der Waals surface area (Å²) in [5, 5.41) is 2.31. The molecule has 4 heteroatoms. The molecule has 2 atom stereocenters. The van der Waals surface area contributed by atoms with Crippen LogP contribution in [0, 0.1) is 0 Å². The van der Waals surface area contributed by atoms with Crippen LogP contribution in [0.4, 0.5) is 0 Å². The Morgan fingerprint density at radius 3 is 2.65 bits per heavy atom. The van der Waals surface area contributed by atoms with E-state index in [2.05, 4.69) is 29.6 Å². The number of hydrogen-bond donors (Lipinski definition) is 0. The van der Waals surface area contributed by atoms with Crippen molar-refractivity contribution in [2.75, 3.05) is 6.54 Å². The number of carbonyl (C=O) groups is 1. The molecule has 1 aromatic carbocycles. The summed E-state index contributed by atoms with van der Waals surface area (Å²) in [4.78, 5) is 15.7. The molecule has 2 aromatic rings. The fourth-order valence-electron chi connectivity index (χ4n) is 2.46. The summed E-state index contributed by atoms with van der Waals surface area (Å²) in [7, 11) is 0. The Morgan fingerprint density at radius 1 is 1.15 bits per heavy atom. The maximum atomic E-state index is 12.4. The lowest BCUT2D eigenvalue weighted by atomic mass is 10.2. The zero-order valence-corrected chi connectivity index (χ0v) is 13.0. The maximum Gasteiger partial charge on any atom is 0.236 e. The molecule has 0 N–H and O–H groups in total. The van der Waals surface area contributed by atoms with Crippen LogP contribution in [-0.4, -0.2) is 22.6 Å². The summed E-state index contributed by atoms with van der Waals surface area (Å²) < 4.78 is 0. The Bertz CT molecular complexity index is 567. The van der Waals surface area contributed by atoms with Gasteiger partial charge in [-0.15, -0.1) is 23.1 Å². The number of thiophene rings is 1. The van der Waals surface area contributed by atoms with E-state index in [1.165, 1.54) is 10.4 Å². The number of thioether (sulfide) groups is 1. The van der Waals surface area contributed by atoms with Gasteiger partial charge in [0.15, 0.2) is 0 Å². The highest BCUT2D eigenvalue weighted by Crippen LogP contribution is 2.42. The molecule has 0 radical (unpaired) electrons. The lowest BCUT2D eigenvalue weighted by Gasteiger charge is -2.24. The number of amides is 1. The minimum absolute atomic E-state index is 0.0588. The Morgan fingerprint density at radius 2 is 1.95 bits per heavy atom. The summed E-state index contributed by atoms with van der Waals surface area (Å²) in [6.45, 7) is 2.81. The van der Waals surface area contributed by atoms with Gasteiger partial charge in [0.1, 0.15) is 5.37 Å². The molecule has 2 heterocycles. The molecular formula is C16H17NOS2. The van der Waals surface area contributed by atoms with Gasteiger partial charge in [0.25, 0.3) is 0 Å². The van der Waals surface area contributed by atoms with Crippen LogP contribution < -0.4 is 0 Å². The molecule has 20 heavy (non-hydrogen) atoms. The molecule has 1 aromatic heterocycles. The molecule has 104 valence electrons. The van der Waals surface area contributed by atoms with Crippen molar-refractivity contribution in [1.29, 1.82) is 0 Å². The average molecular weight is 303 g/mol. The van der Waals surface area contributed by atoms with E-state index in [9.17, 15) is 4.79 Å². The fourth-order valence-corrected chi connectivity index (χ4v) is 4.47. The smallest absolute Gasteiger partial charge is 0.236 e. The quantitative estimate of drug-likeness (QED) is 0.852. The number of carbonyl (C=O) groups excluding carboxylic acids is 1. The fraction of sp³-hybridized carbons (Fsp3) is 0.312. The molecular weight excluding hydrogens is 286 g/mol. The van der Waals surface area contributed by atoms with E-state index in [4.69, 9.17) is 0 Å². The van der Waals surface area contributed by atoms with Gasteiger partial charge in [-0.1, -0.05) is 36.4 Å². The first-order valence-corrected chi connectivity index (χ1v) is 8.61. The van der Waals surface area contributed by atoms with E-state index in [1.54, 1.807) is 23.1 Å². The highest BCUT2D eigenvalue weighted by Gasteiger charge is 2.37. The normalized spacial score (nSPS) is 22.4. The average Bonchev–Trinajstić information content (AvgIpc) is 3.08. The van der Waals surface area contributed by atoms with Crippen LogP contribution in [0.25, 0.3) is 0 Å². The zero-order valence-electron chi connectivity index (χ0n) is 11.4. The van der Waals surface area contributed by atoms with Crippen molar-refractivity contribution in [1.82, 2.24) is 4.90 Å². The van der Waals surface area contributed by atoms with Crippen LogP contribution in [0.15, 0.2) is 47.8 Å². The van der Waals surface area contributed by atoms with Gasteiger partial charge in [0.2, 0.25) is 5.91 Å². The molecule has 0 saturated carbocycles. The molecule has 3 rings (SSSR count). The lowest BCUT2D eigenvalue weighted by molar-refractivity contribution is -0.129. The van der Waals surface area contributed by atoms with E-state index < -0.39 is 0 Å². The predicted octanol–water partition coefficient (Wildman–Crippen LogP) is 3.95. The summed E-state index contributed by atoms with van der Waals surface area (Å²) in [5.41, 5.74) is 1.22. The van der Waals surface area contributed by atoms with Crippen LogP contribution in [0.3, 0.4) is 0 Å². The van der Waals surface area contributed by atoms with Gasteiger partial charge in [-0.25, -0.2) is 0 Å². The van der Waals surface area contributed by atoms with Gasteiger partial charge in [0, 0.05) is 11.4 Å². The number of rotatable bonds is 4. The molecule has 2 unspecified atom stereocenters. The van der Waals surface area contributed by atoms with E-state index in [0.29, 0.717) is 0 Å². The van der Waals surface area contributed by atoms with E-state index in [-0.39, 0.29) is 16.5 Å². The third-order valence-electron chi connectivity index (χ3n) is 3.51. The highest BCUT2D eigenvalue weighted by atomic mass is 32.2. The van der Waals surface area contributed by atoms with Crippen molar-refractivity contribution in [3.05, 3.63) is 58.3 Å². The van der Waals surface area contributed by atoms with Crippen molar-refractivity contribution in [2.24, 2.45) is 0 Å².